The first-order valence-corrected chi connectivity index (χ1v) is 6.71. The van der Waals surface area contributed by atoms with Crippen molar-refractivity contribution in [2.45, 2.75) is 26.5 Å². The SMILES string of the molecule is CCS(=O)(=O)Cc1sc(C)nc1C. The summed E-state index contributed by atoms with van der Waals surface area (Å²) in [6.07, 6.45) is 0. The van der Waals surface area contributed by atoms with E-state index in [4.69, 9.17) is 0 Å². The molecule has 1 heterocycles. The fraction of sp³-hybridized carbons (Fsp3) is 0.625. The predicted molar refractivity (Wildman–Crippen MR) is 54.8 cm³/mol. The highest BCUT2D eigenvalue weighted by Gasteiger charge is 2.13. The lowest BCUT2D eigenvalue weighted by atomic mass is 10.4. The molecule has 0 radical (unpaired) electrons. The van der Waals surface area contributed by atoms with Gasteiger partial charge in [0.05, 0.1) is 16.5 Å². The maximum atomic E-state index is 11.3. The van der Waals surface area contributed by atoms with Crippen LogP contribution in [-0.2, 0) is 15.6 Å². The summed E-state index contributed by atoms with van der Waals surface area (Å²) in [7, 11) is -2.91. The first kappa shape index (κ1) is 10.7. The molecule has 1 rings (SSSR count). The van der Waals surface area contributed by atoms with E-state index in [1.807, 2.05) is 13.8 Å². The third kappa shape index (κ3) is 2.77. The van der Waals surface area contributed by atoms with Crippen LogP contribution in [0.5, 0.6) is 0 Å². The van der Waals surface area contributed by atoms with Crippen molar-refractivity contribution in [1.29, 1.82) is 0 Å². The molecule has 0 unspecified atom stereocenters. The number of aryl methyl sites for hydroxylation is 2. The van der Waals surface area contributed by atoms with E-state index < -0.39 is 9.84 Å². The summed E-state index contributed by atoms with van der Waals surface area (Å²) in [5.41, 5.74) is 0.847. The second-order valence-corrected chi connectivity index (χ2v) is 6.56. The van der Waals surface area contributed by atoms with Gasteiger partial charge in [0.25, 0.3) is 0 Å². The molecule has 0 aliphatic carbocycles. The summed E-state index contributed by atoms with van der Waals surface area (Å²) >= 11 is 1.47. The monoisotopic (exact) mass is 219 g/mol. The van der Waals surface area contributed by atoms with E-state index in [1.54, 1.807) is 6.92 Å². The summed E-state index contributed by atoms with van der Waals surface area (Å²) in [6.45, 7) is 5.41. The summed E-state index contributed by atoms with van der Waals surface area (Å²) < 4.78 is 22.6. The Hall–Kier alpha value is -0.420. The van der Waals surface area contributed by atoms with Gasteiger partial charge in [-0.25, -0.2) is 13.4 Å². The minimum atomic E-state index is -2.91. The standard InChI is InChI=1S/C8H13NO2S2/c1-4-13(10,11)5-8-6(2)9-7(3)12-8/h4-5H2,1-3H3. The van der Waals surface area contributed by atoms with Crippen LogP contribution in [0.3, 0.4) is 0 Å². The molecule has 1 aromatic heterocycles. The number of aromatic nitrogens is 1. The van der Waals surface area contributed by atoms with Gasteiger partial charge in [-0.3, -0.25) is 0 Å². The van der Waals surface area contributed by atoms with Crippen LogP contribution >= 0.6 is 11.3 Å². The molecule has 0 fully saturated rings. The van der Waals surface area contributed by atoms with E-state index >= 15 is 0 Å². The third-order valence-electron chi connectivity index (χ3n) is 1.79. The van der Waals surface area contributed by atoms with Gasteiger partial charge in [0.1, 0.15) is 0 Å². The predicted octanol–water partition coefficient (Wildman–Crippen LogP) is 1.69. The van der Waals surface area contributed by atoms with E-state index in [9.17, 15) is 8.42 Å². The van der Waals surface area contributed by atoms with E-state index in [0.717, 1.165) is 15.6 Å². The summed E-state index contributed by atoms with van der Waals surface area (Å²) in [6, 6.07) is 0. The fourth-order valence-corrected chi connectivity index (χ4v) is 3.33. The Morgan fingerprint density at radius 2 is 2.00 bits per heavy atom. The van der Waals surface area contributed by atoms with Crippen molar-refractivity contribution < 1.29 is 8.42 Å². The van der Waals surface area contributed by atoms with Crippen LogP contribution in [0, 0.1) is 13.8 Å². The first-order valence-electron chi connectivity index (χ1n) is 4.08. The molecule has 3 nitrogen and oxygen atoms in total. The molecule has 0 aliphatic heterocycles. The highest BCUT2D eigenvalue weighted by atomic mass is 32.2. The lowest BCUT2D eigenvalue weighted by Crippen LogP contribution is -2.06. The van der Waals surface area contributed by atoms with E-state index in [1.165, 1.54) is 11.3 Å². The van der Waals surface area contributed by atoms with Gasteiger partial charge < -0.3 is 0 Å². The van der Waals surface area contributed by atoms with Crippen LogP contribution in [0.25, 0.3) is 0 Å². The minimum Gasteiger partial charge on any atom is -0.247 e. The molecule has 0 aromatic carbocycles. The Balaban J connectivity index is 2.92. The average molecular weight is 219 g/mol. The van der Waals surface area contributed by atoms with Crippen LogP contribution < -0.4 is 0 Å². The Bertz CT molecular complexity index is 392. The van der Waals surface area contributed by atoms with Gasteiger partial charge >= 0.3 is 0 Å². The number of hydrogen-bond acceptors (Lipinski definition) is 4. The number of nitrogens with zero attached hydrogens (tertiary/aromatic N) is 1. The molecule has 0 N–H and O–H groups in total. The maximum absolute atomic E-state index is 11.3. The van der Waals surface area contributed by atoms with Gasteiger partial charge in [-0.15, -0.1) is 11.3 Å². The van der Waals surface area contributed by atoms with Crippen LogP contribution in [0.1, 0.15) is 22.5 Å². The van der Waals surface area contributed by atoms with Crippen LogP contribution in [0.15, 0.2) is 0 Å². The lowest BCUT2D eigenvalue weighted by Gasteiger charge is -1.97. The van der Waals surface area contributed by atoms with Crippen LogP contribution in [-0.4, -0.2) is 19.2 Å². The smallest absolute Gasteiger partial charge is 0.155 e. The molecule has 0 bridgehead atoms. The highest BCUT2D eigenvalue weighted by molar-refractivity contribution is 7.90. The molecular formula is C8H13NO2S2. The second kappa shape index (κ2) is 3.75. The second-order valence-electron chi connectivity index (χ2n) is 2.92. The molecule has 0 amide bonds. The molecule has 5 heteroatoms. The Labute approximate surface area is 82.7 Å². The Morgan fingerprint density at radius 1 is 1.38 bits per heavy atom. The van der Waals surface area contributed by atoms with E-state index in [0.29, 0.717) is 0 Å². The van der Waals surface area contributed by atoms with Gasteiger partial charge in [-0.05, 0) is 13.8 Å². The van der Waals surface area contributed by atoms with Gasteiger partial charge in [0, 0.05) is 10.6 Å². The van der Waals surface area contributed by atoms with Crippen molar-refractivity contribution in [2.24, 2.45) is 0 Å². The van der Waals surface area contributed by atoms with Crippen molar-refractivity contribution in [1.82, 2.24) is 4.98 Å². The molecule has 13 heavy (non-hydrogen) atoms. The number of hydrogen-bond donors (Lipinski definition) is 0. The van der Waals surface area contributed by atoms with Gasteiger partial charge in [0.2, 0.25) is 0 Å². The fourth-order valence-electron chi connectivity index (χ4n) is 1.01. The number of sulfone groups is 1. The quantitative estimate of drug-likeness (QED) is 0.777. The highest BCUT2D eigenvalue weighted by Crippen LogP contribution is 2.19. The van der Waals surface area contributed by atoms with Gasteiger partial charge in [-0.2, -0.15) is 0 Å². The summed E-state index contributed by atoms with van der Waals surface area (Å²) in [5.74, 6) is 0.338. The van der Waals surface area contributed by atoms with Crippen molar-refractivity contribution >= 4 is 21.2 Å². The van der Waals surface area contributed by atoms with Gasteiger partial charge in [-0.1, -0.05) is 6.92 Å². The van der Waals surface area contributed by atoms with Gasteiger partial charge in [0.15, 0.2) is 9.84 Å². The molecule has 0 saturated heterocycles. The zero-order chi connectivity index (χ0) is 10.1. The van der Waals surface area contributed by atoms with Crippen LogP contribution in [0.2, 0.25) is 0 Å². The average Bonchev–Trinajstić information content (AvgIpc) is 2.30. The third-order valence-corrected chi connectivity index (χ3v) is 4.65. The van der Waals surface area contributed by atoms with Crippen molar-refractivity contribution in [2.75, 3.05) is 5.75 Å². The number of thiazole rings is 1. The zero-order valence-electron chi connectivity index (χ0n) is 7.99. The lowest BCUT2D eigenvalue weighted by molar-refractivity contribution is 0.596. The maximum Gasteiger partial charge on any atom is 0.155 e. The van der Waals surface area contributed by atoms with Crippen LogP contribution in [0.4, 0.5) is 0 Å². The van der Waals surface area contributed by atoms with Crippen molar-refractivity contribution in [3.63, 3.8) is 0 Å². The molecule has 0 spiro atoms. The Kier molecular flexibility index (Phi) is 3.08. The molecule has 1 aromatic rings. The molecule has 0 saturated carbocycles. The molecular weight excluding hydrogens is 206 g/mol. The van der Waals surface area contributed by atoms with Crippen molar-refractivity contribution in [3.05, 3.63) is 15.6 Å². The normalized spacial score (nSPS) is 11.9. The molecule has 0 aliphatic rings. The molecule has 74 valence electrons. The molecule has 0 atom stereocenters. The largest absolute Gasteiger partial charge is 0.247 e. The Morgan fingerprint density at radius 3 is 2.38 bits per heavy atom. The van der Waals surface area contributed by atoms with Crippen molar-refractivity contribution in [3.8, 4) is 0 Å². The van der Waals surface area contributed by atoms with E-state index in [2.05, 4.69) is 4.98 Å². The first-order chi connectivity index (χ1) is 5.94. The topological polar surface area (TPSA) is 47.0 Å². The number of rotatable bonds is 3. The zero-order valence-corrected chi connectivity index (χ0v) is 9.63. The minimum absolute atomic E-state index is 0.140. The summed E-state index contributed by atoms with van der Waals surface area (Å²) in [5, 5.41) is 0.929. The van der Waals surface area contributed by atoms with E-state index in [-0.39, 0.29) is 11.5 Å². The summed E-state index contributed by atoms with van der Waals surface area (Å²) in [4.78, 5) is 5.06.